The van der Waals surface area contributed by atoms with Crippen molar-refractivity contribution in [2.75, 3.05) is 0 Å². The van der Waals surface area contributed by atoms with Crippen molar-refractivity contribution in [2.24, 2.45) is 7.05 Å². The summed E-state index contributed by atoms with van der Waals surface area (Å²) in [6, 6.07) is 16.5. The number of fused-ring (bicyclic) bond motifs is 1. The van der Waals surface area contributed by atoms with Crippen LogP contribution in [0.4, 0.5) is 0 Å². The summed E-state index contributed by atoms with van der Waals surface area (Å²) in [5.74, 6) is 1.89. The van der Waals surface area contributed by atoms with Crippen LogP contribution >= 0.6 is 28.1 Å². The van der Waals surface area contributed by atoms with E-state index in [4.69, 9.17) is 17.2 Å². The van der Waals surface area contributed by atoms with E-state index >= 15 is 0 Å². The second kappa shape index (κ2) is 6.57. The molecule has 7 heteroatoms. The lowest BCUT2D eigenvalue weighted by molar-refractivity contribution is 0.682. The first-order valence-corrected chi connectivity index (χ1v) is 9.11. The Kier molecular flexibility index (Phi) is 4.27. The number of nitrogens with one attached hydrogen (secondary N) is 1. The maximum atomic E-state index is 5.23. The van der Waals surface area contributed by atoms with Crippen molar-refractivity contribution in [1.29, 1.82) is 0 Å². The molecule has 5 nitrogen and oxygen atoms in total. The SMILES string of the molecule is Cn1c(Cn2c(Cc3ccc(Br)cc3)nc3ccccc32)n[nH]c1=S. The van der Waals surface area contributed by atoms with Gasteiger partial charge in [-0.15, -0.1) is 0 Å². The van der Waals surface area contributed by atoms with Crippen LogP contribution in [0.5, 0.6) is 0 Å². The molecule has 0 bridgehead atoms. The average molecular weight is 414 g/mol. The van der Waals surface area contributed by atoms with Gasteiger partial charge in [-0.2, -0.15) is 5.10 Å². The van der Waals surface area contributed by atoms with Crippen LogP contribution in [0, 0.1) is 4.77 Å². The smallest absolute Gasteiger partial charge is 0.194 e. The molecule has 0 amide bonds. The van der Waals surface area contributed by atoms with Crippen LogP contribution in [-0.4, -0.2) is 24.3 Å². The zero-order valence-electron chi connectivity index (χ0n) is 13.6. The van der Waals surface area contributed by atoms with Gasteiger partial charge in [-0.3, -0.25) is 5.10 Å². The quantitative estimate of drug-likeness (QED) is 0.509. The Morgan fingerprint density at radius 1 is 1.08 bits per heavy atom. The number of imidazole rings is 1. The van der Waals surface area contributed by atoms with Crippen LogP contribution < -0.4 is 0 Å². The van der Waals surface area contributed by atoms with E-state index < -0.39 is 0 Å². The number of hydrogen-bond donors (Lipinski definition) is 1. The lowest BCUT2D eigenvalue weighted by atomic mass is 10.1. The fourth-order valence-electron chi connectivity index (χ4n) is 2.88. The highest BCUT2D eigenvalue weighted by molar-refractivity contribution is 9.10. The van der Waals surface area contributed by atoms with Crippen LogP contribution in [0.15, 0.2) is 53.0 Å². The lowest BCUT2D eigenvalue weighted by Gasteiger charge is -2.09. The van der Waals surface area contributed by atoms with Gasteiger partial charge in [-0.1, -0.05) is 40.2 Å². The number of hydrogen-bond acceptors (Lipinski definition) is 3. The molecule has 0 saturated carbocycles. The van der Waals surface area contributed by atoms with E-state index in [9.17, 15) is 0 Å². The van der Waals surface area contributed by atoms with Crippen LogP contribution in [0.2, 0.25) is 0 Å². The van der Waals surface area contributed by atoms with Crippen molar-refractivity contribution < 1.29 is 0 Å². The third kappa shape index (κ3) is 3.17. The first-order chi connectivity index (χ1) is 12.1. The van der Waals surface area contributed by atoms with Crippen molar-refractivity contribution in [1.82, 2.24) is 24.3 Å². The normalized spacial score (nSPS) is 11.3. The molecule has 126 valence electrons. The second-order valence-corrected chi connectivity index (χ2v) is 7.21. The van der Waals surface area contributed by atoms with Crippen LogP contribution in [0.3, 0.4) is 0 Å². The van der Waals surface area contributed by atoms with E-state index in [1.54, 1.807) is 0 Å². The maximum absolute atomic E-state index is 5.23. The Bertz CT molecular complexity index is 1090. The molecule has 0 aliphatic carbocycles. The Hall–Kier alpha value is -2.25. The van der Waals surface area contributed by atoms with Gasteiger partial charge in [-0.05, 0) is 42.0 Å². The molecule has 0 atom stereocenters. The monoisotopic (exact) mass is 413 g/mol. The number of H-pyrrole nitrogens is 1. The highest BCUT2D eigenvalue weighted by atomic mass is 79.9. The molecule has 0 aliphatic rings. The molecule has 0 aliphatic heterocycles. The highest BCUT2D eigenvalue weighted by Crippen LogP contribution is 2.20. The topological polar surface area (TPSA) is 51.4 Å². The minimum absolute atomic E-state index is 0.619. The Morgan fingerprint density at radius 2 is 1.84 bits per heavy atom. The molecule has 0 unspecified atom stereocenters. The summed E-state index contributed by atoms with van der Waals surface area (Å²) >= 11 is 8.71. The molecule has 0 fully saturated rings. The fraction of sp³-hybridized carbons (Fsp3) is 0.167. The fourth-order valence-corrected chi connectivity index (χ4v) is 3.30. The molecule has 25 heavy (non-hydrogen) atoms. The molecule has 0 radical (unpaired) electrons. The Balaban J connectivity index is 1.79. The molecule has 2 heterocycles. The second-order valence-electron chi connectivity index (χ2n) is 5.91. The first kappa shape index (κ1) is 16.2. The Morgan fingerprint density at radius 3 is 2.56 bits per heavy atom. The summed E-state index contributed by atoms with van der Waals surface area (Å²) in [5, 5.41) is 7.20. The minimum atomic E-state index is 0.619. The summed E-state index contributed by atoms with van der Waals surface area (Å²) in [4.78, 5) is 4.84. The highest BCUT2D eigenvalue weighted by Gasteiger charge is 2.14. The van der Waals surface area contributed by atoms with Crippen molar-refractivity contribution in [2.45, 2.75) is 13.0 Å². The maximum Gasteiger partial charge on any atom is 0.194 e. The van der Waals surface area contributed by atoms with Gasteiger partial charge in [0.05, 0.1) is 17.6 Å². The van der Waals surface area contributed by atoms with E-state index in [1.807, 2.05) is 29.8 Å². The van der Waals surface area contributed by atoms with Gasteiger partial charge in [0, 0.05) is 17.9 Å². The Labute approximate surface area is 158 Å². The van der Waals surface area contributed by atoms with Gasteiger partial charge >= 0.3 is 0 Å². The number of halogens is 1. The van der Waals surface area contributed by atoms with Gasteiger partial charge < -0.3 is 9.13 Å². The predicted octanol–water partition coefficient (Wildman–Crippen LogP) is 4.23. The molecule has 4 aromatic rings. The summed E-state index contributed by atoms with van der Waals surface area (Å²) in [6.45, 7) is 0.621. The number of rotatable bonds is 4. The van der Waals surface area contributed by atoms with Crippen LogP contribution in [0.1, 0.15) is 17.2 Å². The van der Waals surface area contributed by atoms with Gasteiger partial charge in [0.1, 0.15) is 5.82 Å². The van der Waals surface area contributed by atoms with Gasteiger partial charge in [0.25, 0.3) is 0 Å². The number of benzene rings is 2. The molecular formula is C18H16BrN5S. The summed E-state index contributed by atoms with van der Waals surface area (Å²) in [7, 11) is 1.93. The van der Waals surface area contributed by atoms with Gasteiger partial charge in [0.2, 0.25) is 0 Å². The van der Waals surface area contributed by atoms with Crippen molar-refractivity contribution >= 4 is 39.2 Å². The van der Waals surface area contributed by atoms with E-state index in [2.05, 4.69) is 61.0 Å². The number of aromatic nitrogens is 5. The molecule has 0 spiro atoms. The standard InChI is InChI=1S/C18H16BrN5S/c1-23-17(21-22-18(23)25)11-24-15-5-3-2-4-14(15)20-16(24)10-12-6-8-13(19)9-7-12/h2-9H,10-11H2,1H3,(H,22,25). The molecule has 2 aromatic carbocycles. The molecule has 0 saturated heterocycles. The minimum Gasteiger partial charge on any atom is -0.320 e. The summed E-state index contributed by atoms with van der Waals surface area (Å²) in [6.07, 6.45) is 0.761. The third-order valence-electron chi connectivity index (χ3n) is 4.28. The van der Waals surface area contributed by atoms with E-state index in [-0.39, 0.29) is 0 Å². The van der Waals surface area contributed by atoms with Crippen molar-refractivity contribution in [3.8, 4) is 0 Å². The van der Waals surface area contributed by atoms with Crippen molar-refractivity contribution in [3.05, 3.63) is 75.0 Å². The average Bonchev–Trinajstić information content (AvgIpc) is 3.12. The van der Waals surface area contributed by atoms with Crippen molar-refractivity contribution in [3.63, 3.8) is 0 Å². The van der Waals surface area contributed by atoms with Gasteiger partial charge in [0.15, 0.2) is 10.6 Å². The predicted molar refractivity (Wildman–Crippen MR) is 104 cm³/mol. The number of nitrogens with zero attached hydrogens (tertiary/aromatic N) is 4. The molecule has 2 aromatic heterocycles. The van der Waals surface area contributed by atoms with Crippen LogP contribution in [-0.2, 0) is 20.0 Å². The number of para-hydroxylation sites is 2. The summed E-state index contributed by atoms with van der Waals surface area (Å²) < 4.78 is 5.80. The van der Waals surface area contributed by atoms with E-state index in [1.165, 1.54) is 5.56 Å². The van der Waals surface area contributed by atoms with Crippen LogP contribution in [0.25, 0.3) is 11.0 Å². The molecular weight excluding hydrogens is 398 g/mol. The summed E-state index contributed by atoms with van der Waals surface area (Å²) in [5.41, 5.74) is 3.31. The third-order valence-corrected chi connectivity index (χ3v) is 5.17. The van der Waals surface area contributed by atoms with E-state index in [0.29, 0.717) is 11.3 Å². The van der Waals surface area contributed by atoms with Gasteiger partial charge in [-0.25, -0.2) is 4.98 Å². The zero-order chi connectivity index (χ0) is 17.4. The largest absolute Gasteiger partial charge is 0.320 e. The first-order valence-electron chi connectivity index (χ1n) is 7.90. The lowest BCUT2D eigenvalue weighted by Crippen LogP contribution is -2.10. The molecule has 1 N–H and O–H groups in total. The van der Waals surface area contributed by atoms with E-state index in [0.717, 1.165) is 33.6 Å². The zero-order valence-corrected chi connectivity index (χ0v) is 16.0. The molecule has 4 rings (SSSR count). The number of aromatic amines is 1.